The number of hydrogen-bond acceptors (Lipinski definition) is 8. The maximum atomic E-state index is 14.0. The van der Waals surface area contributed by atoms with Gasteiger partial charge in [0.2, 0.25) is 5.89 Å². The first-order valence-electron chi connectivity index (χ1n) is 11.8. The molecule has 2 N–H and O–H groups in total. The Morgan fingerprint density at radius 3 is 2.34 bits per heavy atom. The van der Waals surface area contributed by atoms with Gasteiger partial charge in [-0.15, -0.1) is 10.2 Å². The smallest absolute Gasteiger partial charge is 0.475 e. The fourth-order valence-electron chi connectivity index (χ4n) is 4.37. The van der Waals surface area contributed by atoms with Crippen molar-refractivity contribution < 1.29 is 50.2 Å². The summed E-state index contributed by atoms with van der Waals surface area (Å²) in [5, 5.41) is 17.2. The third-order valence-corrected chi connectivity index (χ3v) is 6.25. The number of carbonyl (C=O) groups excluding carboxylic acids is 2. The SMILES string of the molecule is O=C(O)C(F)(F)F.O=C1N(Cc2ccc(-c3nnc(C(F)F)o3)cn2)C(=O)C2(CCNCC2)N1c1cccc(F)c1. The standard InChI is InChI=1S/C22H19F3N6O3.C2HF3O2/c23-14-2-1-3-16(10-14)31-21(33)30(20(32)22(31)6-8-26-9-7-22)12-15-5-4-13(11-27-15)18-28-29-19(34-18)17(24)25;3-2(4,5)1(6)7/h1-5,10-11,17,26H,6-9,12H2;(H,6,7). The van der Waals surface area contributed by atoms with Crippen molar-refractivity contribution in [1.29, 1.82) is 0 Å². The van der Waals surface area contributed by atoms with E-state index in [0.29, 0.717) is 42.9 Å². The maximum Gasteiger partial charge on any atom is 0.490 e. The molecular weight excluding hydrogens is 566 g/mol. The quantitative estimate of drug-likeness (QED) is 0.336. The average molecular weight is 586 g/mol. The second-order valence-electron chi connectivity index (χ2n) is 8.86. The number of piperidine rings is 1. The fourth-order valence-corrected chi connectivity index (χ4v) is 4.37. The summed E-state index contributed by atoms with van der Waals surface area (Å²) in [7, 11) is 0. The predicted octanol–water partition coefficient (Wildman–Crippen LogP) is 3.93. The van der Waals surface area contributed by atoms with Crippen LogP contribution in [0, 0.1) is 5.82 Å². The zero-order valence-electron chi connectivity index (χ0n) is 20.7. The number of pyridine rings is 1. The van der Waals surface area contributed by atoms with Gasteiger partial charge in [-0.2, -0.15) is 22.0 Å². The van der Waals surface area contributed by atoms with Crippen LogP contribution in [-0.4, -0.2) is 67.9 Å². The minimum atomic E-state index is -5.08. The second-order valence-corrected chi connectivity index (χ2v) is 8.86. The first kappa shape index (κ1) is 29.4. The summed E-state index contributed by atoms with van der Waals surface area (Å²) in [5.74, 6) is -4.54. The Labute approximate surface area is 226 Å². The molecule has 4 heterocycles. The van der Waals surface area contributed by atoms with E-state index in [1.807, 2.05) is 0 Å². The molecule has 0 saturated carbocycles. The highest BCUT2D eigenvalue weighted by atomic mass is 19.4. The molecule has 2 aliphatic heterocycles. The van der Waals surface area contributed by atoms with Crippen LogP contribution in [0.2, 0.25) is 0 Å². The number of aromatic nitrogens is 3. The summed E-state index contributed by atoms with van der Waals surface area (Å²) in [5.41, 5.74) is -0.0779. The highest BCUT2D eigenvalue weighted by molar-refractivity contribution is 6.16. The summed E-state index contributed by atoms with van der Waals surface area (Å²) in [6.07, 6.45) is -5.85. The molecule has 2 aromatic heterocycles. The molecule has 0 atom stereocenters. The number of hydrogen-bond donors (Lipinski definition) is 2. The van der Waals surface area contributed by atoms with E-state index in [-0.39, 0.29) is 18.3 Å². The highest BCUT2D eigenvalue weighted by Gasteiger charge is 2.58. The van der Waals surface area contributed by atoms with E-state index < -0.39 is 41.8 Å². The maximum absolute atomic E-state index is 14.0. The van der Waals surface area contributed by atoms with Crippen LogP contribution >= 0.6 is 0 Å². The van der Waals surface area contributed by atoms with Gasteiger partial charge in [0, 0.05) is 11.9 Å². The number of nitrogens with zero attached hydrogens (tertiary/aromatic N) is 5. The lowest BCUT2D eigenvalue weighted by Gasteiger charge is -2.38. The third kappa shape index (κ3) is 6.13. The zero-order chi connectivity index (χ0) is 29.9. The molecule has 5 rings (SSSR count). The molecule has 1 aromatic carbocycles. The molecule has 17 heteroatoms. The van der Waals surface area contributed by atoms with Crippen LogP contribution in [0.4, 0.5) is 36.8 Å². The second kappa shape index (κ2) is 11.5. The number of imide groups is 1. The first-order valence-corrected chi connectivity index (χ1v) is 11.8. The molecule has 2 fully saturated rings. The first-order chi connectivity index (χ1) is 19.3. The van der Waals surface area contributed by atoms with Gasteiger partial charge in [-0.3, -0.25) is 19.6 Å². The number of alkyl halides is 5. The Balaban J connectivity index is 0.000000493. The van der Waals surface area contributed by atoms with Crippen molar-refractivity contribution in [2.45, 2.75) is 37.5 Å². The van der Waals surface area contributed by atoms with Crippen LogP contribution in [-0.2, 0) is 16.1 Å². The van der Waals surface area contributed by atoms with Crippen molar-refractivity contribution >= 4 is 23.6 Å². The molecule has 0 unspecified atom stereocenters. The van der Waals surface area contributed by atoms with Crippen molar-refractivity contribution in [2.24, 2.45) is 0 Å². The molecule has 1 spiro atoms. The van der Waals surface area contributed by atoms with E-state index in [4.69, 9.17) is 14.3 Å². The Hall–Kier alpha value is -4.54. The summed E-state index contributed by atoms with van der Waals surface area (Å²) in [6, 6.07) is 8.13. The number of carbonyl (C=O) groups is 3. The molecular formula is C24H20F6N6O5. The van der Waals surface area contributed by atoms with Crippen molar-refractivity contribution in [1.82, 2.24) is 25.4 Å². The number of amides is 3. The molecule has 218 valence electrons. The Kier molecular flexibility index (Phi) is 8.27. The van der Waals surface area contributed by atoms with E-state index in [1.165, 1.54) is 35.4 Å². The number of halogens is 6. The van der Waals surface area contributed by atoms with Crippen molar-refractivity contribution in [3.05, 3.63) is 60.0 Å². The average Bonchev–Trinajstić information content (AvgIpc) is 3.49. The molecule has 2 aliphatic rings. The van der Waals surface area contributed by atoms with E-state index in [1.54, 1.807) is 12.1 Å². The highest BCUT2D eigenvalue weighted by Crippen LogP contribution is 2.40. The lowest BCUT2D eigenvalue weighted by Crippen LogP contribution is -2.56. The minimum absolute atomic E-state index is 0.106. The fraction of sp³-hybridized carbons (Fsp3) is 0.333. The van der Waals surface area contributed by atoms with E-state index in [0.717, 1.165) is 4.90 Å². The zero-order valence-corrected chi connectivity index (χ0v) is 20.7. The number of rotatable bonds is 5. The normalized spacial score (nSPS) is 16.8. The monoisotopic (exact) mass is 586 g/mol. The minimum Gasteiger partial charge on any atom is -0.475 e. The predicted molar refractivity (Wildman–Crippen MR) is 126 cm³/mol. The van der Waals surface area contributed by atoms with Gasteiger partial charge in [0.1, 0.15) is 11.4 Å². The van der Waals surface area contributed by atoms with Gasteiger partial charge in [0.05, 0.1) is 17.8 Å². The molecule has 11 nitrogen and oxygen atoms in total. The topological polar surface area (TPSA) is 142 Å². The van der Waals surface area contributed by atoms with E-state index in [2.05, 4.69) is 20.5 Å². The number of carboxylic acids is 1. The van der Waals surface area contributed by atoms with Crippen molar-refractivity contribution in [3.63, 3.8) is 0 Å². The number of nitrogens with one attached hydrogen (secondary N) is 1. The van der Waals surface area contributed by atoms with E-state index >= 15 is 0 Å². The van der Waals surface area contributed by atoms with Gasteiger partial charge in [0.15, 0.2) is 0 Å². The van der Waals surface area contributed by atoms with Crippen molar-refractivity contribution in [3.8, 4) is 11.5 Å². The van der Waals surface area contributed by atoms with Crippen LogP contribution < -0.4 is 10.2 Å². The molecule has 3 amide bonds. The Morgan fingerprint density at radius 1 is 1.12 bits per heavy atom. The van der Waals surface area contributed by atoms with Crippen LogP contribution in [0.5, 0.6) is 0 Å². The van der Waals surface area contributed by atoms with E-state index in [9.17, 15) is 35.9 Å². The Bertz CT molecular complexity index is 1420. The van der Waals surface area contributed by atoms with Gasteiger partial charge >= 0.3 is 24.6 Å². The molecule has 0 aliphatic carbocycles. The third-order valence-electron chi connectivity index (χ3n) is 6.25. The lowest BCUT2D eigenvalue weighted by atomic mass is 9.86. The number of aliphatic carboxylic acids is 1. The number of carboxylic acid groups (broad SMARTS) is 1. The van der Waals surface area contributed by atoms with Gasteiger partial charge < -0.3 is 14.8 Å². The molecule has 0 radical (unpaired) electrons. The molecule has 3 aromatic rings. The Morgan fingerprint density at radius 2 is 1.80 bits per heavy atom. The molecule has 2 saturated heterocycles. The van der Waals surface area contributed by atoms with Gasteiger partial charge in [-0.05, 0) is 56.3 Å². The number of urea groups is 1. The summed E-state index contributed by atoms with van der Waals surface area (Å²) in [6.45, 7) is 0.970. The van der Waals surface area contributed by atoms with Gasteiger partial charge in [0.25, 0.3) is 11.8 Å². The van der Waals surface area contributed by atoms with Gasteiger partial charge in [-0.25, -0.2) is 14.0 Å². The largest absolute Gasteiger partial charge is 0.490 e. The molecule has 41 heavy (non-hydrogen) atoms. The summed E-state index contributed by atoms with van der Waals surface area (Å²) >= 11 is 0. The van der Waals surface area contributed by atoms with Crippen LogP contribution in [0.1, 0.15) is 30.9 Å². The van der Waals surface area contributed by atoms with Crippen molar-refractivity contribution in [2.75, 3.05) is 18.0 Å². The summed E-state index contributed by atoms with van der Waals surface area (Å²) in [4.78, 5) is 42.6. The molecule has 0 bridgehead atoms. The van der Waals surface area contributed by atoms with Crippen LogP contribution in [0.15, 0.2) is 47.0 Å². The summed E-state index contributed by atoms with van der Waals surface area (Å²) < 4.78 is 76.0. The lowest BCUT2D eigenvalue weighted by molar-refractivity contribution is -0.192. The number of benzene rings is 1. The van der Waals surface area contributed by atoms with Gasteiger partial charge in [-0.1, -0.05) is 6.07 Å². The van der Waals surface area contributed by atoms with Crippen LogP contribution in [0.3, 0.4) is 0 Å². The number of anilines is 1. The van der Waals surface area contributed by atoms with Crippen LogP contribution in [0.25, 0.3) is 11.5 Å².